The van der Waals surface area contributed by atoms with E-state index >= 15 is 0 Å². The van der Waals surface area contributed by atoms with Crippen molar-refractivity contribution >= 4 is 17.6 Å². The van der Waals surface area contributed by atoms with Gasteiger partial charge in [-0.1, -0.05) is 6.42 Å². The van der Waals surface area contributed by atoms with E-state index in [-0.39, 0.29) is 5.91 Å². The van der Waals surface area contributed by atoms with Crippen LogP contribution < -0.4 is 10.1 Å². The number of carbonyl (C=O) groups excluding carboxylic acids is 1. The van der Waals surface area contributed by atoms with Gasteiger partial charge >= 0.3 is 5.97 Å². The summed E-state index contributed by atoms with van der Waals surface area (Å²) in [6, 6.07) is 6.67. The van der Waals surface area contributed by atoms with E-state index in [4.69, 9.17) is 15.1 Å². The van der Waals surface area contributed by atoms with Gasteiger partial charge in [-0.3, -0.25) is 9.59 Å². The Hall–Kier alpha value is -2.55. The van der Waals surface area contributed by atoms with Crippen molar-refractivity contribution in [3.8, 4) is 11.8 Å². The van der Waals surface area contributed by atoms with Crippen LogP contribution in [0.2, 0.25) is 0 Å². The van der Waals surface area contributed by atoms with Crippen molar-refractivity contribution in [1.82, 2.24) is 0 Å². The molecule has 1 saturated carbocycles. The van der Waals surface area contributed by atoms with Gasteiger partial charge in [-0.2, -0.15) is 5.26 Å². The summed E-state index contributed by atoms with van der Waals surface area (Å²) in [5.41, 5.74) is 0.867. The van der Waals surface area contributed by atoms with Crippen LogP contribution in [0.15, 0.2) is 18.2 Å². The van der Waals surface area contributed by atoms with Crippen LogP contribution in [0.5, 0.6) is 5.75 Å². The molecule has 110 valence electrons. The van der Waals surface area contributed by atoms with Gasteiger partial charge in [0.05, 0.1) is 36.3 Å². The molecule has 0 saturated heterocycles. The molecule has 1 aromatic rings. The van der Waals surface area contributed by atoms with Crippen LogP contribution >= 0.6 is 0 Å². The zero-order valence-corrected chi connectivity index (χ0v) is 11.6. The Morgan fingerprint density at radius 3 is 2.71 bits per heavy atom. The Morgan fingerprint density at radius 1 is 1.38 bits per heavy atom. The summed E-state index contributed by atoms with van der Waals surface area (Å²) >= 11 is 0. The summed E-state index contributed by atoms with van der Waals surface area (Å²) in [6.07, 6.45) is 1.83. The highest BCUT2D eigenvalue weighted by molar-refractivity contribution is 5.96. The molecule has 0 aromatic heterocycles. The van der Waals surface area contributed by atoms with Gasteiger partial charge in [0, 0.05) is 6.07 Å². The summed E-state index contributed by atoms with van der Waals surface area (Å²) < 4.78 is 5.14. The van der Waals surface area contributed by atoms with Gasteiger partial charge in [-0.05, 0) is 25.0 Å². The van der Waals surface area contributed by atoms with E-state index in [0.29, 0.717) is 29.8 Å². The number of carboxylic acids is 1. The van der Waals surface area contributed by atoms with Gasteiger partial charge < -0.3 is 15.2 Å². The van der Waals surface area contributed by atoms with Crippen molar-refractivity contribution in [1.29, 1.82) is 5.26 Å². The van der Waals surface area contributed by atoms with Crippen molar-refractivity contribution in [3.63, 3.8) is 0 Å². The molecule has 1 amide bonds. The minimum Gasteiger partial charge on any atom is -0.495 e. The smallest absolute Gasteiger partial charge is 0.307 e. The number of carboxylic acid groups (broad SMARTS) is 1. The minimum atomic E-state index is -0.931. The molecule has 2 rings (SSSR count). The SMILES string of the molecule is COc1cc(C#N)ccc1NC(=O)[C@@H]1CCC[C@@H]1C(=O)O. The number of carbonyl (C=O) groups is 2. The van der Waals surface area contributed by atoms with Crippen LogP contribution in [-0.2, 0) is 9.59 Å². The Bertz CT molecular complexity index is 606. The zero-order chi connectivity index (χ0) is 15.4. The number of nitrogens with zero attached hydrogens (tertiary/aromatic N) is 1. The standard InChI is InChI=1S/C15H16N2O4/c1-21-13-7-9(8-16)5-6-12(13)17-14(18)10-3-2-4-11(10)15(19)20/h5-7,10-11H,2-4H2,1H3,(H,17,18)(H,19,20)/t10-,11+/m1/s1. The normalized spacial score (nSPS) is 20.6. The first-order valence-corrected chi connectivity index (χ1v) is 6.68. The number of aliphatic carboxylic acids is 1. The number of hydrogen-bond donors (Lipinski definition) is 2. The molecule has 0 spiro atoms. The summed E-state index contributed by atoms with van der Waals surface area (Å²) in [4.78, 5) is 23.4. The van der Waals surface area contributed by atoms with E-state index in [1.165, 1.54) is 13.2 Å². The Labute approximate surface area is 122 Å². The number of rotatable bonds is 4. The molecule has 1 fully saturated rings. The average Bonchev–Trinajstić information content (AvgIpc) is 2.97. The number of nitrogens with one attached hydrogen (secondary N) is 1. The molecule has 0 unspecified atom stereocenters. The summed E-state index contributed by atoms with van der Waals surface area (Å²) in [7, 11) is 1.45. The van der Waals surface area contributed by atoms with Crippen LogP contribution in [0.3, 0.4) is 0 Å². The molecule has 6 nitrogen and oxygen atoms in total. The van der Waals surface area contributed by atoms with E-state index in [2.05, 4.69) is 5.32 Å². The number of benzene rings is 1. The third-order valence-corrected chi connectivity index (χ3v) is 3.76. The molecule has 1 aliphatic rings. The second kappa shape index (κ2) is 6.27. The fourth-order valence-electron chi connectivity index (χ4n) is 2.66. The van der Waals surface area contributed by atoms with Crippen LogP contribution in [-0.4, -0.2) is 24.1 Å². The highest BCUT2D eigenvalue weighted by Gasteiger charge is 2.37. The second-order valence-electron chi connectivity index (χ2n) is 5.00. The van der Waals surface area contributed by atoms with Crippen molar-refractivity contribution < 1.29 is 19.4 Å². The first-order valence-electron chi connectivity index (χ1n) is 6.68. The number of anilines is 1. The Balaban J connectivity index is 2.16. The lowest BCUT2D eigenvalue weighted by Crippen LogP contribution is -2.30. The average molecular weight is 288 g/mol. The number of amides is 1. The van der Waals surface area contributed by atoms with Gasteiger partial charge in [0.2, 0.25) is 5.91 Å². The molecular formula is C15H16N2O4. The lowest BCUT2D eigenvalue weighted by atomic mass is 9.95. The first kappa shape index (κ1) is 14.9. The maximum atomic E-state index is 12.3. The van der Waals surface area contributed by atoms with E-state index in [1.54, 1.807) is 12.1 Å². The highest BCUT2D eigenvalue weighted by atomic mass is 16.5. The minimum absolute atomic E-state index is 0.317. The molecular weight excluding hydrogens is 272 g/mol. The Morgan fingerprint density at radius 2 is 2.10 bits per heavy atom. The van der Waals surface area contributed by atoms with E-state index in [1.807, 2.05) is 6.07 Å². The van der Waals surface area contributed by atoms with Crippen molar-refractivity contribution in [2.45, 2.75) is 19.3 Å². The monoisotopic (exact) mass is 288 g/mol. The van der Waals surface area contributed by atoms with E-state index < -0.39 is 17.8 Å². The number of hydrogen-bond acceptors (Lipinski definition) is 4. The number of nitriles is 1. The van der Waals surface area contributed by atoms with Gasteiger partial charge in [0.1, 0.15) is 5.75 Å². The predicted octanol–water partition coefficient (Wildman–Crippen LogP) is 2.01. The number of methoxy groups -OCH3 is 1. The van der Waals surface area contributed by atoms with Gasteiger partial charge in [0.15, 0.2) is 0 Å². The zero-order valence-electron chi connectivity index (χ0n) is 11.6. The molecule has 2 atom stereocenters. The van der Waals surface area contributed by atoms with Gasteiger partial charge in [-0.25, -0.2) is 0 Å². The lowest BCUT2D eigenvalue weighted by molar-refractivity contribution is -0.145. The summed E-state index contributed by atoms with van der Waals surface area (Å²) in [6.45, 7) is 0. The van der Waals surface area contributed by atoms with Crippen LogP contribution in [0.25, 0.3) is 0 Å². The first-order chi connectivity index (χ1) is 10.1. The topological polar surface area (TPSA) is 99.4 Å². The molecule has 0 bridgehead atoms. The molecule has 1 aliphatic carbocycles. The van der Waals surface area contributed by atoms with E-state index in [9.17, 15) is 9.59 Å². The van der Waals surface area contributed by atoms with Crippen LogP contribution in [0, 0.1) is 23.2 Å². The lowest BCUT2D eigenvalue weighted by Gasteiger charge is -2.17. The fourth-order valence-corrected chi connectivity index (χ4v) is 2.66. The maximum Gasteiger partial charge on any atom is 0.307 e. The fraction of sp³-hybridized carbons (Fsp3) is 0.400. The molecule has 0 heterocycles. The summed E-state index contributed by atoms with van der Waals surface area (Å²) in [5, 5.41) is 20.7. The van der Waals surface area contributed by atoms with Gasteiger partial charge in [-0.15, -0.1) is 0 Å². The largest absolute Gasteiger partial charge is 0.495 e. The van der Waals surface area contributed by atoms with Gasteiger partial charge in [0.25, 0.3) is 0 Å². The van der Waals surface area contributed by atoms with Crippen molar-refractivity contribution in [2.75, 3.05) is 12.4 Å². The van der Waals surface area contributed by atoms with Crippen LogP contribution in [0.1, 0.15) is 24.8 Å². The quantitative estimate of drug-likeness (QED) is 0.882. The summed E-state index contributed by atoms with van der Waals surface area (Å²) in [5.74, 6) is -2.02. The van der Waals surface area contributed by atoms with Crippen LogP contribution in [0.4, 0.5) is 5.69 Å². The predicted molar refractivity (Wildman–Crippen MR) is 74.8 cm³/mol. The van der Waals surface area contributed by atoms with E-state index in [0.717, 1.165) is 6.42 Å². The Kier molecular flexibility index (Phi) is 4.43. The maximum absolute atomic E-state index is 12.3. The molecule has 6 heteroatoms. The van der Waals surface area contributed by atoms with Crippen molar-refractivity contribution in [2.24, 2.45) is 11.8 Å². The molecule has 21 heavy (non-hydrogen) atoms. The van der Waals surface area contributed by atoms with Crippen molar-refractivity contribution in [3.05, 3.63) is 23.8 Å². The highest BCUT2D eigenvalue weighted by Crippen LogP contribution is 2.34. The molecule has 0 radical (unpaired) electrons. The second-order valence-corrected chi connectivity index (χ2v) is 5.00. The third kappa shape index (κ3) is 3.14. The molecule has 2 N–H and O–H groups in total. The molecule has 1 aromatic carbocycles. The molecule has 0 aliphatic heterocycles. The number of ether oxygens (including phenoxy) is 1. The third-order valence-electron chi connectivity index (χ3n) is 3.76.